The van der Waals surface area contributed by atoms with Crippen molar-refractivity contribution in [3.05, 3.63) is 54.9 Å². The number of hydrogen-bond acceptors (Lipinski definition) is 3. The number of piperazine rings is 1. The Morgan fingerprint density at radius 3 is 2.30 bits per heavy atom. The van der Waals surface area contributed by atoms with Crippen LogP contribution in [0.5, 0.6) is 5.75 Å². The Morgan fingerprint density at radius 2 is 1.67 bits per heavy atom. The summed E-state index contributed by atoms with van der Waals surface area (Å²) in [6.07, 6.45) is 4.88. The first-order valence-electron chi connectivity index (χ1n) is 9.95. The molecule has 1 aliphatic rings. The number of nitrogens with zero attached hydrogens (tertiary/aromatic N) is 3. The topological polar surface area (TPSA) is 37.7 Å². The van der Waals surface area contributed by atoms with Crippen LogP contribution in [0.15, 0.2) is 54.9 Å². The lowest BCUT2D eigenvalue weighted by molar-refractivity contribution is -0.137. The Bertz CT molecular complexity index is 677. The normalized spacial score (nSPS) is 16.5. The van der Waals surface area contributed by atoms with Gasteiger partial charge in [0.1, 0.15) is 18.4 Å². The highest BCUT2D eigenvalue weighted by Gasteiger charge is 2.28. The van der Waals surface area contributed by atoms with E-state index in [0.717, 1.165) is 44.9 Å². The van der Waals surface area contributed by atoms with Crippen LogP contribution in [-0.4, -0.2) is 59.6 Å². The van der Waals surface area contributed by atoms with Gasteiger partial charge in [-0.25, -0.2) is 0 Å². The summed E-state index contributed by atoms with van der Waals surface area (Å²) in [7, 11) is 0. The quantitative estimate of drug-likeness (QED) is 0.717. The minimum atomic E-state index is -0.0898. The molecule has 2 heterocycles. The molecule has 1 aliphatic heterocycles. The molecule has 1 aromatic heterocycles. The first-order valence-corrected chi connectivity index (χ1v) is 9.95. The zero-order valence-electron chi connectivity index (χ0n) is 16.5. The number of carbonyl (C=O) groups excluding carboxylic acids is 1. The fourth-order valence-corrected chi connectivity index (χ4v) is 3.56. The molecular formula is C22H31N3O2. The van der Waals surface area contributed by atoms with E-state index in [1.54, 1.807) is 0 Å². The van der Waals surface area contributed by atoms with Gasteiger partial charge < -0.3 is 14.2 Å². The van der Waals surface area contributed by atoms with Gasteiger partial charge >= 0.3 is 0 Å². The van der Waals surface area contributed by atoms with Crippen LogP contribution in [0.25, 0.3) is 0 Å². The van der Waals surface area contributed by atoms with Crippen LogP contribution in [0.2, 0.25) is 0 Å². The highest BCUT2D eigenvalue weighted by molar-refractivity contribution is 5.80. The van der Waals surface area contributed by atoms with Gasteiger partial charge in [0.15, 0.2) is 0 Å². The monoisotopic (exact) mass is 369 g/mol. The molecule has 27 heavy (non-hydrogen) atoms. The molecule has 146 valence electrons. The number of hydrogen-bond donors (Lipinski definition) is 0. The van der Waals surface area contributed by atoms with Crippen LogP contribution < -0.4 is 4.74 Å². The molecule has 0 N–H and O–H groups in total. The van der Waals surface area contributed by atoms with Crippen molar-refractivity contribution in [3.8, 4) is 5.75 Å². The summed E-state index contributed by atoms with van der Waals surface area (Å²) in [5, 5.41) is 0. The summed E-state index contributed by atoms with van der Waals surface area (Å²) in [6, 6.07) is 13.8. The van der Waals surface area contributed by atoms with E-state index in [9.17, 15) is 4.79 Å². The van der Waals surface area contributed by atoms with Gasteiger partial charge in [0.25, 0.3) is 0 Å². The molecule has 1 fully saturated rings. The molecule has 1 atom stereocenters. The van der Waals surface area contributed by atoms with Gasteiger partial charge in [-0.2, -0.15) is 0 Å². The van der Waals surface area contributed by atoms with Crippen LogP contribution in [-0.2, 0) is 4.79 Å². The third kappa shape index (κ3) is 5.60. The van der Waals surface area contributed by atoms with E-state index in [-0.39, 0.29) is 11.9 Å². The standard InChI is InChI=1S/C22H31N3O2/c1-19(2)18-21(24-10-6-7-11-24)22(26)25-14-12-23(13-15-25)16-17-27-20-8-4-3-5-9-20/h3-11,19,21H,12-18H2,1-2H3/t21-/m0/s1. The molecule has 0 aliphatic carbocycles. The lowest BCUT2D eigenvalue weighted by Crippen LogP contribution is -2.51. The number of aromatic nitrogens is 1. The van der Waals surface area contributed by atoms with Crippen LogP contribution in [0.1, 0.15) is 26.3 Å². The van der Waals surface area contributed by atoms with Crippen LogP contribution in [0.4, 0.5) is 0 Å². The van der Waals surface area contributed by atoms with Gasteiger partial charge in [0, 0.05) is 45.1 Å². The molecule has 3 rings (SSSR count). The van der Waals surface area contributed by atoms with E-state index in [2.05, 4.69) is 23.3 Å². The molecule has 0 spiro atoms. The smallest absolute Gasteiger partial charge is 0.245 e. The minimum absolute atomic E-state index is 0.0898. The molecule has 0 saturated carbocycles. The molecule has 5 nitrogen and oxygen atoms in total. The first kappa shape index (κ1) is 19.5. The fourth-order valence-electron chi connectivity index (χ4n) is 3.56. The molecule has 0 bridgehead atoms. The van der Waals surface area contributed by atoms with Gasteiger partial charge in [0.2, 0.25) is 5.91 Å². The first-order chi connectivity index (χ1) is 13.1. The van der Waals surface area contributed by atoms with Crippen molar-refractivity contribution in [1.82, 2.24) is 14.4 Å². The van der Waals surface area contributed by atoms with Crippen molar-refractivity contribution in [2.24, 2.45) is 5.92 Å². The molecule has 0 unspecified atom stereocenters. The van der Waals surface area contributed by atoms with Gasteiger partial charge in [0.05, 0.1) is 0 Å². The number of rotatable bonds is 8. The Labute approximate surface area is 162 Å². The Hall–Kier alpha value is -2.27. The number of benzene rings is 1. The minimum Gasteiger partial charge on any atom is -0.492 e. The molecule has 1 saturated heterocycles. The average molecular weight is 370 g/mol. The predicted octanol–water partition coefficient (Wildman–Crippen LogP) is 3.30. The van der Waals surface area contributed by atoms with E-state index in [1.807, 2.05) is 59.8 Å². The molecular weight excluding hydrogens is 338 g/mol. The third-order valence-corrected chi connectivity index (χ3v) is 5.07. The Morgan fingerprint density at radius 1 is 1.00 bits per heavy atom. The largest absolute Gasteiger partial charge is 0.492 e. The van der Waals surface area contributed by atoms with E-state index in [1.165, 1.54) is 0 Å². The molecule has 1 aromatic carbocycles. The van der Waals surface area contributed by atoms with E-state index in [0.29, 0.717) is 12.5 Å². The summed E-state index contributed by atoms with van der Waals surface area (Å²) >= 11 is 0. The second-order valence-corrected chi connectivity index (χ2v) is 7.60. The van der Waals surface area contributed by atoms with Gasteiger partial charge in [-0.1, -0.05) is 32.0 Å². The van der Waals surface area contributed by atoms with Crippen LogP contribution in [0.3, 0.4) is 0 Å². The zero-order chi connectivity index (χ0) is 19.1. The highest BCUT2D eigenvalue weighted by atomic mass is 16.5. The maximum Gasteiger partial charge on any atom is 0.245 e. The Balaban J connectivity index is 1.46. The number of para-hydroxylation sites is 1. The summed E-state index contributed by atoms with van der Waals surface area (Å²) in [4.78, 5) is 17.5. The maximum absolute atomic E-state index is 13.1. The molecule has 2 aromatic rings. The Kier molecular flexibility index (Phi) is 6.93. The number of carbonyl (C=O) groups is 1. The van der Waals surface area contributed by atoms with Crippen molar-refractivity contribution in [1.29, 1.82) is 0 Å². The second-order valence-electron chi connectivity index (χ2n) is 7.60. The second kappa shape index (κ2) is 9.60. The fraction of sp³-hybridized carbons (Fsp3) is 0.500. The van der Waals surface area contributed by atoms with Crippen LogP contribution >= 0.6 is 0 Å². The number of amides is 1. The lowest BCUT2D eigenvalue weighted by Gasteiger charge is -2.37. The van der Waals surface area contributed by atoms with Crippen molar-refractivity contribution in [3.63, 3.8) is 0 Å². The predicted molar refractivity (Wildman–Crippen MR) is 108 cm³/mol. The van der Waals surface area contributed by atoms with E-state index >= 15 is 0 Å². The average Bonchev–Trinajstić information content (AvgIpc) is 3.21. The summed E-state index contributed by atoms with van der Waals surface area (Å²) in [5.74, 6) is 1.65. The molecule has 5 heteroatoms. The lowest BCUT2D eigenvalue weighted by atomic mass is 10.0. The van der Waals surface area contributed by atoms with Crippen molar-refractivity contribution < 1.29 is 9.53 Å². The third-order valence-electron chi connectivity index (χ3n) is 5.07. The van der Waals surface area contributed by atoms with Gasteiger partial charge in [-0.3, -0.25) is 9.69 Å². The van der Waals surface area contributed by atoms with Gasteiger partial charge in [-0.15, -0.1) is 0 Å². The van der Waals surface area contributed by atoms with Crippen molar-refractivity contribution in [2.75, 3.05) is 39.3 Å². The van der Waals surface area contributed by atoms with E-state index < -0.39 is 0 Å². The van der Waals surface area contributed by atoms with E-state index in [4.69, 9.17) is 4.74 Å². The SMILES string of the molecule is CC(C)C[C@@H](C(=O)N1CCN(CCOc2ccccc2)CC1)n1cccc1. The van der Waals surface area contributed by atoms with Gasteiger partial charge in [-0.05, 0) is 36.6 Å². The molecule has 1 amide bonds. The molecule has 0 radical (unpaired) electrons. The van der Waals surface area contributed by atoms with Crippen molar-refractivity contribution >= 4 is 5.91 Å². The zero-order valence-corrected chi connectivity index (χ0v) is 16.5. The van der Waals surface area contributed by atoms with Crippen LogP contribution in [0, 0.1) is 5.92 Å². The van der Waals surface area contributed by atoms with Crippen molar-refractivity contribution in [2.45, 2.75) is 26.3 Å². The maximum atomic E-state index is 13.1. The number of ether oxygens (including phenoxy) is 1. The summed E-state index contributed by atoms with van der Waals surface area (Å²) in [5.41, 5.74) is 0. The summed E-state index contributed by atoms with van der Waals surface area (Å²) < 4.78 is 7.85. The highest BCUT2D eigenvalue weighted by Crippen LogP contribution is 2.21. The summed E-state index contributed by atoms with van der Waals surface area (Å²) in [6.45, 7) is 9.32.